The average Bonchev–Trinajstić information content (AvgIpc) is 2.86. The Kier molecular flexibility index (Phi) is 4.05. The molecule has 7 nitrogen and oxygen atoms in total. The second-order valence-corrected chi connectivity index (χ2v) is 4.86. The van der Waals surface area contributed by atoms with Gasteiger partial charge in [-0.2, -0.15) is 13.2 Å². The molecule has 2 rings (SSSR count). The molecule has 10 heteroatoms. The van der Waals surface area contributed by atoms with Gasteiger partial charge in [0, 0.05) is 18.7 Å². The van der Waals surface area contributed by atoms with Gasteiger partial charge in [0.25, 0.3) is 5.91 Å². The number of carbonyl (C=O) groups is 2. The van der Waals surface area contributed by atoms with E-state index in [4.69, 9.17) is 4.74 Å². The molecule has 1 aromatic rings. The second kappa shape index (κ2) is 5.52. The smallest absolute Gasteiger partial charge is 0.451 e. The van der Waals surface area contributed by atoms with E-state index in [-0.39, 0.29) is 25.3 Å². The standard InChI is InChI=1S/C12H12F3N3O4/c1-6-4-7(17-9(16-6)12(13,14)15)8(19)18-11(10(20)21)2-3-22-5-11/h4H,2-3,5H2,1H3,(H,18,19)(H,20,21). The van der Waals surface area contributed by atoms with Gasteiger partial charge >= 0.3 is 12.1 Å². The molecule has 2 heterocycles. The van der Waals surface area contributed by atoms with Crippen molar-refractivity contribution in [1.29, 1.82) is 0 Å². The van der Waals surface area contributed by atoms with Crippen LogP contribution in [0.15, 0.2) is 6.07 Å². The molecule has 0 saturated carbocycles. The number of carbonyl (C=O) groups excluding carboxylic acids is 1. The number of amides is 1. The largest absolute Gasteiger partial charge is 0.479 e. The molecule has 0 bridgehead atoms. The van der Waals surface area contributed by atoms with Crippen LogP contribution in [0.3, 0.4) is 0 Å². The van der Waals surface area contributed by atoms with E-state index in [0.717, 1.165) is 6.07 Å². The molecular weight excluding hydrogens is 307 g/mol. The number of alkyl halides is 3. The Balaban J connectivity index is 2.30. The second-order valence-electron chi connectivity index (χ2n) is 4.86. The van der Waals surface area contributed by atoms with Crippen molar-refractivity contribution >= 4 is 11.9 Å². The first-order chi connectivity index (χ1) is 10.1. The Labute approximate surface area is 122 Å². The molecule has 0 spiro atoms. The minimum atomic E-state index is -4.80. The van der Waals surface area contributed by atoms with Crippen LogP contribution in [0.25, 0.3) is 0 Å². The summed E-state index contributed by atoms with van der Waals surface area (Å²) in [5, 5.41) is 11.4. The summed E-state index contributed by atoms with van der Waals surface area (Å²) in [6.07, 6.45) is -4.79. The summed E-state index contributed by atoms with van der Waals surface area (Å²) in [5.74, 6) is -3.80. The summed E-state index contributed by atoms with van der Waals surface area (Å²) in [5.41, 5.74) is -2.26. The minimum Gasteiger partial charge on any atom is -0.479 e. The van der Waals surface area contributed by atoms with Crippen LogP contribution in [0.1, 0.15) is 28.4 Å². The molecule has 1 fully saturated rings. The lowest BCUT2D eigenvalue weighted by Crippen LogP contribution is -2.55. The maximum atomic E-state index is 12.6. The molecule has 1 aliphatic heterocycles. The van der Waals surface area contributed by atoms with E-state index < -0.39 is 35.1 Å². The summed E-state index contributed by atoms with van der Waals surface area (Å²) in [7, 11) is 0. The molecule has 1 amide bonds. The predicted molar refractivity (Wildman–Crippen MR) is 65.0 cm³/mol. The van der Waals surface area contributed by atoms with Crippen LogP contribution in [0.2, 0.25) is 0 Å². The fourth-order valence-electron chi connectivity index (χ4n) is 1.98. The summed E-state index contributed by atoms with van der Waals surface area (Å²) in [6.45, 7) is 1.15. The van der Waals surface area contributed by atoms with Crippen molar-refractivity contribution in [2.75, 3.05) is 13.2 Å². The van der Waals surface area contributed by atoms with Gasteiger partial charge in [0.15, 0.2) is 5.54 Å². The Morgan fingerprint density at radius 1 is 1.41 bits per heavy atom. The fraction of sp³-hybridized carbons (Fsp3) is 0.500. The average molecular weight is 319 g/mol. The van der Waals surface area contributed by atoms with E-state index >= 15 is 0 Å². The summed E-state index contributed by atoms with van der Waals surface area (Å²) in [4.78, 5) is 29.7. The molecule has 1 saturated heterocycles. The van der Waals surface area contributed by atoms with Gasteiger partial charge in [-0.15, -0.1) is 0 Å². The van der Waals surface area contributed by atoms with Crippen molar-refractivity contribution in [3.05, 3.63) is 23.3 Å². The maximum Gasteiger partial charge on any atom is 0.451 e. The molecule has 0 radical (unpaired) electrons. The zero-order valence-corrected chi connectivity index (χ0v) is 11.4. The number of halogens is 3. The van der Waals surface area contributed by atoms with Gasteiger partial charge in [-0.25, -0.2) is 14.8 Å². The number of carboxylic acids is 1. The van der Waals surface area contributed by atoms with Crippen LogP contribution < -0.4 is 5.32 Å². The number of carboxylic acid groups (broad SMARTS) is 1. The zero-order chi connectivity index (χ0) is 16.5. The van der Waals surface area contributed by atoms with Gasteiger partial charge in [-0.05, 0) is 13.0 Å². The Hall–Kier alpha value is -2.23. The number of hydrogen-bond donors (Lipinski definition) is 2. The van der Waals surface area contributed by atoms with Gasteiger partial charge in [0.05, 0.1) is 6.61 Å². The summed E-state index contributed by atoms with van der Waals surface area (Å²) >= 11 is 0. The maximum absolute atomic E-state index is 12.6. The number of rotatable bonds is 3. The molecule has 2 N–H and O–H groups in total. The first-order valence-corrected chi connectivity index (χ1v) is 6.21. The third-order valence-corrected chi connectivity index (χ3v) is 3.12. The number of aliphatic carboxylic acids is 1. The quantitative estimate of drug-likeness (QED) is 0.853. The van der Waals surface area contributed by atoms with E-state index in [9.17, 15) is 27.9 Å². The predicted octanol–water partition coefficient (Wildman–Crippen LogP) is 0.777. The van der Waals surface area contributed by atoms with E-state index in [1.807, 2.05) is 0 Å². The lowest BCUT2D eigenvalue weighted by molar-refractivity contribution is -0.146. The van der Waals surface area contributed by atoms with Crippen molar-refractivity contribution in [3.63, 3.8) is 0 Å². The topological polar surface area (TPSA) is 101 Å². The van der Waals surface area contributed by atoms with Crippen LogP contribution in [0.4, 0.5) is 13.2 Å². The highest BCUT2D eigenvalue weighted by molar-refractivity contribution is 5.96. The molecule has 1 aliphatic rings. The van der Waals surface area contributed by atoms with Gasteiger partial charge in [0.2, 0.25) is 5.82 Å². The van der Waals surface area contributed by atoms with Crippen molar-refractivity contribution < 1.29 is 32.6 Å². The first kappa shape index (κ1) is 16.1. The van der Waals surface area contributed by atoms with E-state index in [2.05, 4.69) is 15.3 Å². The molecule has 1 atom stereocenters. The number of ether oxygens (including phenoxy) is 1. The van der Waals surface area contributed by atoms with Crippen LogP contribution >= 0.6 is 0 Å². The number of nitrogens with one attached hydrogen (secondary N) is 1. The molecular formula is C12H12F3N3O4. The van der Waals surface area contributed by atoms with Crippen LogP contribution in [0, 0.1) is 6.92 Å². The SMILES string of the molecule is Cc1cc(C(=O)NC2(C(=O)O)CCOC2)nc(C(F)(F)F)n1. The lowest BCUT2D eigenvalue weighted by Gasteiger charge is -2.23. The third kappa shape index (κ3) is 3.16. The normalized spacial score (nSPS) is 21.6. The van der Waals surface area contributed by atoms with Gasteiger partial charge in [0.1, 0.15) is 5.69 Å². The Morgan fingerprint density at radius 3 is 2.59 bits per heavy atom. The number of aryl methyl sites for hydroxylation is 1. The highest BCUT2D eigenvalue weighted by Crippen LogP contribution is 2.26. The Bertz CT molecular complexity index is 612. The minimum absolute atomic E-state index is 0.0181. The highest BCUT2D eigenvalue weighted by Gasteiger charge is 2.44. The zero-order valence-electron chi connectivity index (χ0n) is 11.4. The summed E-state index contributed by atoms with van der Waals surface area (Å²) in [6, 6.07) is 1.05. The summed E-state index contributed by atoms with van der Waals surface area (Å²) < 4.78 is 42.9. The molecule has 1 unspecified atom stereocenters. The monoisotopic (exact) mass is 319 g/mol. The van der Waals surface area contributed by atoms with Crippen molar-refractivity contribution in [1.82, 2.24) is 15.3 Å². The van der Waals surface area contributed by atoms with Crippen LogP contribution in [0.5, 0.6) is 0 Å². The fourth-order valence-corrected chi connectivity index (χ4v) is 1.98. The lowest BCUT2D eigenvalue weighted by atomic mass is 9.99. The van der Waals surface area contributed by atoms with E-state index in [1.54, 1.807) is 0 Å². The van der Waals surface area contributed by atoms with Crippen LogP contribution in [-0.2, 0) is 15.7 Å². The number of nitrogens with zero attached hydrogens (tertiary/aromatic N) is 2. The van der Waals surface area contributed by atoms with Crippen molar-refractivity contribution in [3.8, 4) is 0 Å². The Morgan fingerprint density at radius 2 is 2.09 bits per heavy atom. The number of aromatic nitrogens is 2. The molecule has 22 heavy (non-hydrogen) atoms. The van der Waals surface area contributed by atoms with Gasteiger partial charge in [-0.3, -0.25) is 4.79 Å². The molecule has 0 aromatic carbocycles. The third-order valence-electron chi connectivity index (χ3n) is 3.12. The van der Waals surface area contributed by atoms with Crippen molar-refractivity contribution in [2.24, 2.45) is 0 Å². The first-order valence-electron chi connectivity index (χ1n) is 6.21. The highest BCUT2D eigenvalue weighted by atomic mass is 19.4. The number of hydrogen-bond acceptors (Lipinski definition) is 5. The molecule has 120 valence electrons. The van der Waals surface area contributed by atoms with Gasteiger partial charge in [-0.1, -0.05) is 0 Å². The van der Waals surface area contributed by atoms with Gasteiger partial charge < -0.3 is 15.2 Å². The molecule has 1 aromatic heterocycles. The molecule has 0 aliphatic carbocycles. The van der Waals surface area contributed by atoms with E-state index in [1.165, 1.54) is 6.92 Å². The van der Waals surface area contributed by atoms with Crippen LogP contribution in [-0.4, -0.2) is 45.7 Å². The van der Waals surface area contributed by atoms with Crippen molar-refractivity contribution in [2.45, 2.75) is 25.1 Å². The van der Waals surface area contributed by atoms with E-state index in [0.29, 0.717) is 0 Å².